The highest BCUT2D eigenvalue weighted by molar-refractivity contribution is 7.90. The van der Waals surface area contributed by atoms with Gasteiger partial charge in [-0.25, -0.2) is 8.42 Å². The van der Waals surface area contributed by atoms with E-state index in [0.29, 0.717) is 47.5 Å². The molecule has 2 heterocycles. The lowest BCUT2D eigenvalue weighted by Gasteiger charge is -2.36. The SMILES string of the molecule is COc1c(Cl)cc(N2CCN(C(=O)c3cc(S(C)(=O)=O)ccc3-c3cccs3)CC2)cc1Cl. The van der Waals surface area contributed by atoms with E-state index in [1.54, 1.807) is 29.2 Å². The van der Waals surface area contributed by atoms with Crippen molar-refractivity contribution >= 4 is 56.0 Å². The Bertz CT molecular complexity index is 1260. The molecule has 33 heavy (non-hydrogen) atoms. The predicted octanol–water partition coefficient (Wildman–Crippen LogP) is 5.10. The maximum Gasteiger partial charge on any atom is 0.254 e. The summed E-state index contributed by atoms with van der Waals surface area (Å²) in [4.78, 5) is 18.4. The molecule has 4 rings (SSSR count). The van der Waals surface area contributed by atoms with Crippen LogP contribution >= 0.6 is 34.5 Å². The van der Waals surface area contributed by atoms with Crippen molar-refractivity contribution in [3.63, 3.8) is 0 Å². The molecule has 1 aliphatic heterocycles. The van der Waals surface area contributed by atoms with Crippen molar-refractivity contribution in [2.75, 3.05) is 44.4 Å². The molecule has 174 valence electrons. The summed E-state index contributed by atoms with van der Waals surface area (Å²) in [6, 6.07) is 12.2. The van der Waals surface area contributed by atoms with Crippen LogP contribution in [0, 0.1) is 0 Å². The third-order valence-corrected chi connectivity index (χ3v) is 8.13. The van der Waals surface area contributed by atoms with Crippen LogP contribution in [0.1, 0.15) is 10.4 Å². The molecule has 1 aliphatic rings. The Hall–Kier alpha value is -2.26. The van der Waals surface area contributed by atoms with Gasteiger partial charge in [0.05, 0.1) is 22.1 Å². The van der Waals surface area contributed by atoms with E-state index in [1.165, 1.54) is 24.5 Å². The number of piperazine rings is 1. The average Bonchev–Trinajstić information content (AvgIpc) is 3.32. The van der Waals surface area contributed by atoms with Crippen LogP contribution in [0.25, 0.3) is 10.4 Å². The van der Waals surface area contributed by atoms with Crippen LogP contribution in [-0.4, -0.2) is 58.8 Å². The van der Waals surface area contributed by atoms with Crippen LogP contribution in [-0.2, 0) is 9.84 Å². The van der Waals surface area contributed by atoms with Gasteiger partial charge in [-0.1, -0.05) is 35.3 Å². The van der Waals surface area contributed by atoms with Gasteiger partial charge in [-0.2, -0.15) is 0 Å². The first-order chi connectivity index (χ1) is 15.7. The Morgan fingerprint density at radius 1 is 1.03 bits per heavy atom. The number of carbonyl (C=O) groups excluding carboxylic acids is 1. The third kappa shape index (κ3) is 4.99. The molecule has 0 aliphatic carbocycles. The lowest BCUT2D eigenvalue weighted by Crippen LogP contribution is -2.49. The van der Waals surface area contributed by atoms with Gasteiger partial charge in [0.15, 0.2) is 15.6 Å². The summed E-state index contributed by atoms with van der Waals surface area (Å²) in [6.45, 7) is 2.13. The first-order valence-electron chi connectivity index (χ1n) is 10.1. The maximum absolute atomic E-state index is 13.5. The third-order valence-electron chi connectivity index (χ3n) is 5.56. The van der Waals surface area contributed by atoms with Crippen molar-refractivity contribution in [3.05, 3.63) is 63.5 Å². The number of benzene rings is 2. The van der Waals surface area contributed by atoms with Gasteiger partial charge in [0, 0.05) is 54.1 Å². The lowest BCUT2D eigenvalue weighted by molar-refractivity contribution is 0.0747. The molecule has 10 heteroatoms. The van der Waals surface area contributed by atoms with E-state index < -0.39 is 9.84 Å². The van der Waals surface area contributed by atoms with E-state index in [0.717, 1.165) is 22.4 Å². The Morgan fingerprint density at radius 3 is 2.24 bits per heavy atom. The molecule has 0 bridgehead atoms. The first kappa shape index (κ1) is 23.9. The van der Waals surface area contributed by atoms with Crippen LogP contribution in [0.15, 0.2) is 52.7 Å². The highest BCUT2D eigenvalue weighted by atomic mass is 35.5. The number of anilines is 1. The molecule has 1 fully saturated rings. The van der Waals surface area contributed by atoms with Gasteiger partial charge < -0.3 is 14.5 Å². The number of carbonyl (C=O) groups is 1. The largest absolute Gasteiger partial charge is 0.494 e. The highest BCUT2D eigenvalue weighted by Crippen LogP contribution is 2.37. The Morgan fingerprint density at radius 2 is 1.70 bits per heavy atom. The molecule has 0 radical (unpaired) electrons. The number of rotatable bonds is 5. The molecular formula is C23H22Cl2N2O4S2. The number of nitrogens with zero attached hydrogens (tertiary/aromatic N) is 2. The van der Waals surface area contributed by atoms with E-state index in [-0.39, 0.29) is 10.8 Å². The average molecular weight is 525 g/mol. The number of amides is 1. The first-order valence-corrected chi connectivity index (χ1v) is 13.7. The van der Waals surface area contributed by atoms with Gasteiger partial charge in [0.25, 0.3) is 5.91 Å². The Labute approximate surface area is 207 Å². The van der Waals surface area contributed by atoms with E-state index in [4.69, 9.17) is 27.9 Å². The van der Waals surface area contributed by atoms with Gasteiger partial charge >= 0.3 is 0 Å². The zero-order valence-electron chi connectivity index (χ0n) is 18.0. The summed E-state index contributed by atoms with van der Waals surface area (Å²) < 4.78 is 29.5. The fraction of sp³-hybridized carbons (Fsp3) is 0.261. The molecule has 0 spiro atoms. The second kappa shape index (κ2) is 9.54. The molecule has 1 saturated heterocycles. The summed E-state index contributed by atoms with van der Waals surface area (Å²) in [5, 5.41) is 2.78. The minimum Gasteiger partial charge on any atom is -0.494 e. The van der Waals surface area contributed by atoms with E-state index in [1.807, 2.05) is 17.5 Å². The Kier molecular flexibility index (Phi) is 6.91. The fourth-order valence-corrected chi connectivity index (χ4v) is 5.88. The minimum absolute atomic E-state index is 0.132. The quantitative estimate of drug-likeness (QED) is 0.464. The molecular weight excluding hydrogens is 503 g/mol. The van der Waals surface area contributed by atoms with Gasteiger partial charge in [-0.05, 0) is 35.7 Å². The zero-order valence-corrected chi connectivity index (χ0v) is 21.2. The van der Waals surface area contributed by atoms with E-state index in [9.17, 15) is 13.2 Å². The van der Waals surface area contributed by atoms with Gasteiger partial charge in [0.1, 0.15) is 0 Å². The normalized spacial score (nSPS) is 14.4. The van der Waals surface area contributed by atoms with Crippen LogP contribution in [0.3, 0.4) is 0 Å². The number of methoxy groups -OCH3 is 1. The molecule has 6 nitrogen and oxygen atoms in total. The lowest BCUT2D eigenvalue weighted by atomic mass is 10.0. The number of halogens is 2. The van der Waals surface area contributed by atoms with Gasteiger partial charge in [-0.3, -0.25) is 4.79 Å². The molecule has 3 aromatic rings. The summed E-state index contributed by atoms with van der Waals surface area (Å²) in [5.41, 5.74) is 1.99. The van der Waals surface area contributed by atoms with Crippen molar-refractivity contribution < 1.29 is 17.9 Å². The van der Waals surface area contributed by atoms with Crippen LogP contribution in [0.2, 0.25) is 10.0 Å². The Balaban J connectivity index is 1.58. The number of hydrogen-bond acceptors (Lipinski definition) is 6. The summed E-state index contributed by atoms with van der Waals surface area (Å²) in [6.07, 6.45) is 1.14. The second-order valence-electron chi connectivity index (χ2n) is 7.68. The van der Waals surface area contributed by atoms with Crippen LogP contribution in [0.5, 0.6) is 5.75 Å². The molecule has 2 aromatic carbocycles. The van der Waals surface area contributed by atoms with E-state index in [2.05, 4.69) is 4.90 Å². The van der Waals surface area contributed by atoms with E-state index >= 15 is 0 Å². The minimum atomic E-state index is -3.44. The van der Waals surface area contributed by atoms with Crippen molar-refractivity contribution in [2.24, 2.45) is 0 Å². The topological polar surface area (TPSA) is 66.9 Å². The highest BCUT2D eigenvalue weighted by Gasteiger charge is 2.26. The van der Waals surface area contributed by atoms with Crippen molar-refractivity contribution in [3.8, 4) is 16.2 Å². The van der Waals surface area contributed by atoms with Crippen LogP contribution in [0.4, 0.5) is 5.69 Å². The van der Waals surface area contributed by atoms with Crippen LogP contribution < -0.4 is 9.64 Å². The van der Waals surface area contributed by atoms with Crippen molar-refractivity contribution in [1.29, 1.82) is 0 Å². The smallest absolute Gasteiger partial charge is 0.254 e. The monoisotopic (exact) mass is 524 g/mol. The number of thiophene rings is 1. The van der Waals surface area contributed by atoms with Gasteiger partial charge in [-0.15, -0.1) is 11.3 Å². The number of hydrogen-bond donors (Lipinski definition) is 0. The molecule has 0 unspecified atom stereocenters. The zero-order chi connectivity index (χ0) is 23.8. The molecule has 1 aromatic heterocycles. The standard InChI is InChI=1S/C23H22Cl2N2O4S2/c1-31-22-19(24)12-15(13-20(22)25)26-7-9-27(10-8-26)23(28)18-14-16(33(2,29)30)5-6-17(18)21-4-3-11-32-21/h3-6,11-14H,7-10H2,1-2H3. The van der Waals surface area contributed by atoms with Crippen molar-refractivity contribution in [2.45, 2.75) is 4.90 Å². The molecule has 0 saturated carbocycles. The fourth-order valence-electron chi connectivity index (χ4n) is 3.84. The number of ether oxygens (including phenoxy) is 1. The molecule has 0 atom stereocenters. The summed E-state index contributed by atoms with van der Waals surface area (Å²) in [7, 11) is -1.93. The molecule has 0 N–H and O–H groups in total. The van der Waals surface area contributed by atoms with Crippen molar-refractivity contribution in [1.82, 2.24) is 4.90 Å². The predicted molar refractivity (Wildman–Crippen MR) is 134 cm³/mol. The summed E-state index contributed by atoms with van der Waals surface area (Å²) in [5.74, 6) is 0.247. The van der Waals surface area contributed by atoms with Gasteiger partial charge in [0.2, 0.25) is 0 Å². The molecule has 1 amide bonds. The second-order valence-corrected chi connectivity index (χ2v) is 11.5. The summed E-state index contributed by atoms with van der Waals surface area (Å²) >= 11 is 14.1. The number of sulfone groups is 1. The maximum atomic E-state index is 13.5.